The molecule has 1 atom stereocenters. The van der Waals surface area contributed by atoms with Crippen LogP contribution in [0.2, 0.25) is 0 Å². The Bertz CT molecular complexity index is 1500. The van der Waals surface area contributed by atoms with Gasteiger partial charge < -0.3 is 15.1 Å². The van der Waals surface area contributed by atoms with Gasteiger partial charge in [-0.3, -0.25) is 9.20 Å². The van der Waals surface area contributed by atoms with E-state index in [1.165, 1.54) is 16.8 Å². The Morgan fingerprint density at radius 2 is 1.92 bits per heavy atom. The fraction of sp³-hybridized carbons (Fsp3) is 0.545. The average Bonchev–Trinajstić information content (AvgIpc) is 3.22. The molecule has 0 bridgehead atoms. The van der Waals surface area contributed by atoms with E-state index in [1.54, 1.807) is 11.0 Å². The number of nitrogens with zero attached hydrogens (tertiary/aromatic N) is 6. The highest BCUT2D eigenvalue weighted by Crippen LogP contribution is 2.38. The highest BCUT2D eigenvalue weighted by Gasteiger charge is 2.42. The van der Waals surface area contributed by atoms with Crippen molar-refractivity contribution in [2.24, 2.45) is 0 Å². The van der Waals surface area contributed by atoms with Crippen LogP contribution in [0.5, 0.6) is 0 Å². The van der Waals surface area contributed by atoms with Gasteiger partial charge in [0.25, 0.3) is 0 Å². The predicted molar refractivity (Wildman–Crippen MR) is 132 cm³/mol. The van der Waals surface area contributed by atoms with Gasteiger partial charge in [0.2, 0.25) is 20.9 Å². The molecule has 1 aliphatic carbocycles. The molecule has 3 aromatic heterocycles. The molecule has 204 valence electrons. The van der Waals surface area contributed by atoms with Crippen LogP contribution >= 0.6 is 11.3 Å². The Hall–Kier alpha value is -2.82. The van der Waals surface area contributed by atoms with Gasteiger partial charge in [-0.1, -0.05) is 11.3 Å². The number of imidazole rings is 1. The van der Waals surface area contributed by atoms with Crippen molar-refractivity contribution in [2.75, 3.05) is 37.6 Å². The fourth-order valence-corrected chi connectivity index (χ4v) is 6.79. The molecular formula is C22H25F3N8O3S2. The zero-order valence-corrected chi connectivity index (χ0v) is 22.0. The summed E-state index contributed by atoms with van der Waals surface area (Å²) in [5.41, 5.74) is 0.552. The standard InChI is InChI=1S/C22H25F3N8O3S2/c1-21(3-4-21)30-38(35,36)13-10-15(31-6-8-32(9-7-31)19(34)14-2-5-26-14)16-11-27-17(33(16)12-13)18-28-29-20(37-18)22(23,24)25/h10-12,14,26,30H,2-9H2,1H3/t14-/m1/s1. The number of nitrogens with one attached hydrogen (secondary N) is 2. The summed E-state index contributed by atoms with van der Waals surface area (Å²) in [6.07, 6.45) is 0.431. The van der Waals surface area contributed by atoms with Crippen LogP contribution in [0.3, 0.4) is 0 Å². The number of sulfonamides is 1. The first-order valence-corrected chi connectivity index (χ1v) is 14.5. The maximum atomic E-state index is 13.3. The number of carbonyl (C=O) groups is 1. The quantitative estimate of drug-likeness (QED) is 0.459. The summed E-state index contributed by atoms with van der Waals surface area (Å²) in [6.45, 7) is 4.48. The Morgan fingerprint density at radius 3 is 2.50 bits per heavy atom. The molecule has 6 rings (SSSR count). The highest BCUT2D eigenvalue weighted by atomic mass is 32.2. The molecule has 2 aliphatic heterocycles. The van der Waals surface area contributed by atoms with E-state index >= 15 is 0 Å². The lowest BCUT2D eigenvalue weighted by Gasteiger charge is -2.39. The smallest absolute Gasteiger partial charge is 0.366 e. The van der Waals surface area contributed by atoms with E-state index in [0.717, 1.165) is 13.0 Å². The lowest BCUT2D eigenvalue weighted by Crippen LogP contribution is -2.58. The molecule has 16 heteroatoms. The molecule has 38 heavy (non-hydrogen) atoms. The van der Waals surface area contributed by atoms with Crippen molar-refractivity contribution in [1.82, 2.24) is 34.5 Å². The third-order valence-electron chi connectivity index (χ3n) is 7.20. The van der Waals surface area contributed by atoms with Gasteiger partial charge in [-0.05, 0) is 38.8 Å². The van der Waals surface area contributed by atoms with Gasteiger partial charge in [0.1, 0.15) is 4.90 Å². The van der Waals surface area contributed by atoms with Crippen molar-refractivity contribution in [3.63, 3.8) is 0 Å². The molecule has 0 aromatic carbocycles. The minimum absolute atomic E-state index is 0.0369. The van der Waals surface area contributed by atoms with Crippen molar-refractivity contribution < 1.29 is 26.4 Å². The molecule has 0 unspecified atom stereocenters. The van der Waals surface area contributed by atoms with E-state index in [9.17, 15) is 26.4 Å². The SMILES string of the molecule is CC1(NS(=O)(=O)c2cc(N3CCN(C(=O)[C@H]4CCN4)CC3)c3cnc(-c4nnc(C(F)(F)F)s4)n3c2)CC1. The van der Waals surface area contributed by atoms with E-state index in [0.29, 0.717) is 61.6 Å². The number of pyridine rings is 1. The molecule has 3 fully saturated rings. The number of aromatic nitrogens is 4. The number of carbonyl (C=O) groups excluding carboxylic acids is 1. The Kier molecular flexibility index (Phi) is 5.93. The molecular weight excluding hydrogens is 545 g/mol. The summed E-state index contributed by atoms with van der Waals surface area (Å²) in [4.78, 5) is 20.7. The summed E-state index contributed by atoms with van der Waals surface area (Å²) in [6, 6.07) is 1.41. The van der Waals surface area contributed by atoms with E-state index in [1.807, 2.05) is 11.8 Å². The van der Waals surface area contributed by atoms with Gasteiger partial charge in [0, 0.05) is 37.9 Å². The summed E-state index contributed by atoms with van der Waals surface area (Å²) in [5, 5.41) is 8.85. The zero-order valence-electron chi connectivity index (χ0n) is 20.3. The number of alkyl halides is 3. The maximum Gasteiger partial charge on any atom is 0.445 e. The van der Waals surface area contributed by atoms with Crippen molar-refractivity contribution in [1.29, 1.82) is 0 Å². The summed E-state index contributed by atoms with van der Waals surface area (Å²) < 4.78 is 70.3. The summed E-state index contributed by atoms with van der Waals surface area (Å²) in [5.74, 6) is 0.122. The molecule has 0 spiro atoms. The predicted octanol–water partition coefficient (Wildman–Crippen LogP) is 1.71. The first-order valence-electron chi connectivity index (χ1n) is 12.2. The second-order valence-electron chi connectivity index (χ2n) is 10.1. The van der Waals surface area contributed by atoms with Gasteiger partial charge in [0.15, 0.2) is 10.8 Å². The first-order chi connectivity index (χ1) is 17.9. The number of hydrogen-bond donors (Lipinski definition) is 2. The highest BCUT2D eigenvalue weighted by molar-refractivity contribution is 7.89. The van der Waals surface area contributed by atoms with Crippen LogP contribution in [0.25, 0.3) is 16.3 Å². The topological polar surface area (TPSA) is 125 Å². The third kappa shape index (κ3) is 4.63. The van der Waals surface area contributed by atoms with E-state index in [-0.39, 0.29) is 27.7 Å². The zero-order chi connectivity index (χ0) is 26.9. The molecule has 5 heterocycles. The van der Waals surface area contributed by atoms with Crippen molar-refractivity contribution in [3.05, 3.63) is 23.5 Å². The number of halogens is 3. The molecule has 2 saturated heterocycles. The molecule has 11 nitrogen and oxygen atoms in total. The van der Waals surface area contributed by atoms with E-state index < -0.39 is 26.7 Å². The number of amides is 1. The Morgan fingerprint density at radius 1 is 1.21 bits per heavy atom. The average molecular weight is 571 g/mol. The molecule has 0 radical (unpaired) electrons. The van der Waals surface area contributed by atoms with E-state index in [4.69, 9.17) is 0 Å². The van der Waals surface area contributed by atoms with Gasteiger partial charge in [-0.2, -0.15) is 13.2 Å². The van der Waals surface area contributed by atoms with Crippen LogP contribution in [-0.2, 0) is 21.0 Å². The second kappa shape index (κ2) is 8.86. The first kappa shape index (κ1) is 25.5. The molecule has 1 saturated carbocycles. The number of fused-ring (bicyclic) bond motifs is 1. The molecule has 1 amide bonds. The molecule has 2 N–H and O–H groups in total. The largest absolute Gasteiger partial charge is 0.445 e. The van der Waals surface area contributed by atoms with Crippen LogP contribution in [0.15, 0.2) is 23.4 Å². The lowest BCUT2D eigenvalue weighted by molar-refractivity contribution is -0.138. The number of anilines is 1. The molecule has 3 aromatic rings. The van der Waals surface area contributed by atoms with E-state index in [2.05, 4.69) is 25.2 Å². The number of rotatable bonds is 6. The second-order valence-corrected chi connectivity index (χ2v) is 12.7. The fourth-order valence-electron chi connectivity index (χ4n) is 4.60. The Balaban J connectivity index is 1.38. The summed E-state index contributed by atoms with van der Waals surface area (Å²) >= 11 is 0.342. The van der Waals surface area contributed by atoms with Crippen molar-refractivity contribution >= 4 is 38.5 Å². The normalized spacial score (nSPS) is 21.5. The van der Waals surface area contributed by atoms with Gasteiger partial charge in [0.05, 0.1) is 23.4 Å². The van der Waals surface area contributed by atoms with Gasteiger partial charge in [-0.25, -0.2) is 18.1 Å². The van der Waals surface area contributed by atoms with Crippen molar-refractivity contribution in [2.45, 2.75) is 48.8 Å². The van der Waals surface area contributed by atoms with Crippen LogP contribution in [0, 0.1) is 0 Å². The van der Waals surface area contributed by atoms with Gasteiger partial charge >= 0.3 is 6.18 Å². The minimum Gasteiger partial charge on any atom is -0.366 e. The molecule has 3 aliphatic rings. The monoisotopic (exact) mass is 570 g/mol. The number of hydrogen-bond acceptors (Lipinski definition) is 9. The Labute approximate surface area is 220 Å². The van der Waals surface area contributed by atoms with Crippen LogP contribution in [0.4, 0.5) is 18.9 Å². The number of piperazine rings is 1. The lowest BCUT2D eigenvalue weighted by atomic mass is 10.1. The van der Waals surface area contributed by atoms with Crippen LogP contribution < -0.4 is 14.9 Å². The third-order valence-corrected chi connectivity index (χ3v) is 9.77. The maximum absolute atomic E-state index is 13.3. The van der Waals surface area contributed by atoms with Gasteiger partial charge in [-0.15, -0.1) is 10.2 Å². The minimum atomic E-state index is -4.65. The summed E-state index contributed by atoms with van der Waals surface area (Å²) in [7, 11) is -3.94. The van der Waals surface area contributed by atoms with Crippen LogP contribution in [0.1, 0.15) is 31.2 Å². The van der Waals surface area contributed by atoms with Crippen LogP contribution in [-0.4, -0.2) is 83.1 Å². The van der Waals surface area contributed by atoms with Crippen molar-refractivity contribution in [3.8, 4) is 10.8 Å².